The molecule has 0 spiro atoms. The van der Waals surface area contributed by atoms with Crippen LogP contribution in [0.15, 0.2) is 21.1 Å². The Labute approximate surface area is 135 Å². The molecule has 0 aliphatic heterocycles. The lowest BCUT2D eigenvalue weighted by molar-refractivity contribution is -0.121. The van der Waals surface area contributed by atoms with Crippen molar-refractivity contribution in [3.63, 3.8) is 0 Å². The minimum atomic E-state index is 0.136. The zero-order chi connectivity index (χ0) is 14.5. The lowest BCUT2D eigenvalue weighted by Gasteiger charge is -2.10. The molecule has 110 valence electrons. The molecule has 0 saturated heterocycles. The molecule has 1 amide bonds. The summed E-state index contributed by atoms with van der Waals surface area (Å²) in [6.45, 7) is 1.40. The third-order valence-electron chi connectivity index (χ3n) is 3.06. The van der Waals surface area contributed by atoms with Gasteiger partial charge in [0.15, 0.2) is 0 Å². The standard InChI is InChI=1S/C14H18Br2N2O2/c1-20-14-11(15)6-9(7-12(14)16)8-17-5-4-13(19)18-10-2-3-10/h6-7,10,17H,2-5,8H2,1H3,(H,18,19). The van der Waals surface area contributed by atoms with Gasteiger partial charge in [-0.2, -0.15) is 0 Å². The largest absolute Gasteiger partial charge is 0.494 e. The molecule has 0 aromatic heterocycles. The Morgan fingerprint density at radius 3 is 2.55 bits per heavy atom. The normalized spacial score (nSPS) is 14.2. The fourth-order valence-corrected chi connectivity index (χ4v) is 3.48. The average molecular weight is 406 g/mol. The van der Waals surface area contributed by atoms with E-state index in [2.05, 4.69) is 42.5 Å². The van der Waals surface area contributed by atoms with Crippen molar-refractivity contribution in [2.45, 2.75) is 31.8 Å². The maximum absolute atomic E-state index is 11.5. The number of benzene rings is 1. The van der Waals surface area contributed by atoms with Gasteiger partial charge in [0.25, 0.3) is 0 Å². The Kier molecular flexibility index (Phi) is 5.86. The van der Waals surface area contributed by atoms with E-state index in [0.29, 0.717) is 19.0 Å². The number of ether oxygens (including phenoxy) is 1. The zero-order valence-corrected chi connectivity index (χ0v) is 14.5. The van der Waals surface area contributed by atoms with E-state index < -0.39 is 0 Å². The summed E-state index contributed by atoms with van der Waals surface area (Å²) in [5.41, 5.74) is 1.13. The van der Waals surface area contributed by atoms with Crippen LogP contribution in [0.1, 0.15) is 24.8 Å². The van der Waals surface area contributed by atoms with E-state index in [1.54, 1.807) is 7.11 Å². The van der Waals surface area contributed by atoms with Crippen molar-refractivity contribution in [1.29, 1.82) is 0 Å². The molecule has 2 N–H and O–H groups in total. The van der Waals surface area contributed by atoms with E-state index in [-0.39, 0.29) is 5.91 Å². The number of halogens is 2. The van der Waals surface area contributed by atoms with Crippen molar-refractivity contribution >= 4 is 37.8 Å². The van der Waals surface area contributed by atoms with Crippen molar-refractivity contribution in [3.05, 3.63) is 26.6 Å². The van der Waals surface area contributed by atoms with Crippen LogP contribution < -0.4 is 15.4 Å². The fraction of sp³-hybridized carbons (Fsp3) is 0.500. The van der Waals surface area contributed by atoms with E-state index in [0.717, 1.165) is 39.6 Å². The predicted molar refractivity (Wildman–Crippen MR) is 85.9 cm³/mol. The molecule has 0 bridgehead atoms. The average Bonchev–Trinajstić information content (AvgIpc) is 3.18. The third-order valence-corrected chi connectivity index (χ3v) is 4.24. The predicted octanol–water partition coefficient (Wildman–Crippen LogP) is 2.98. The van der Waals surface area contributed by atoms with Crippen LogP contribution in [0.5, 0.6) is 5.75 Å². The van der Waals surface area contributed by atoms with Gasteiger partial charge in [0, 0.05) is 25.6 Å². The van der Waals surface area contributed by atoms with Gasteiger partial charge >= 0.3 is 0 Å². The number of carbonyl (C=O) groups excluding carboxylic acids is 1. The molecular formula is C14H18Br2N2O2. The summed E-state index contributed by atoms with van der Waals surface area (Å²) in [6, 6.07) is 4.47. The van der Waals surface area contributed by atoms with Crippen LogP contribution in [-0.2, 0) is 11.3 Å². The summed E-state index contributed by atoms with van der Waals surface area (Å²) in [5, 5.41) is 6.25. The first kappa shape index (κ1) is 15.8. The molecule has 2 rings (SSSR count). The van der Waals surface area contributed by atoms with Crippen molar-refractivity contribution in [3.8, 4) is 5.75 Å². The van der Waals surface area contributed by atoms with Gasteiger partial charge in [-0.05, 0) is 62.4 Å². The summed E-state index contributed by atoms with van der Waals surface area (Å²) in [6.07, 6.45) is 2.79. The summed E-state index contributed by atoms with van der Waals surface area (Å²) >= 11 is 6.96. The molecule has 1 aliphatic rings. The van der Waals surface area contributed by atoms with E-state index >= 15 is 0 Å². The Morgan fingerprint density at radius 2 is 2.00 bits per heavy atom. The maximum atomic E-state index is 11.5. The number of hydrogen-bond acceptors (Lipinski definition) is 3. The van der Waals surface area contributed by atoms with Crippen LogP contribution in [0, 0.1) is 0 Å². The van der Waals surface area contributed by atoms with Crippen molar-refractivity contribution < 1.29 is 9.53 Å². The molecular weight excluding hydrogens is 388 g/mol. The van der Waals surface area contributed by atoms with Gasteiger partial charge in [0.2, 0.25) is 5.91 Å². The second kappa shape index (κ2) is 7.43. The molecule has 1 aromatic rings. The number of methoxy groups -OCH3 is 1. The van der Waals surface area contributed by atoms with Crippen LogP contribution in [0.25, 0.3) is 0 Å². The molecule has 6 heteroatoms. The van der Waals surface area contributed by atoms with Crippen LogP contribution >= 0.6 is 31.9 Å². The molecule has 1 saturated carbocycles. The highest BCUT2D eigenvalue weighted by Crippen LogP contribution is 2.34. The molecule has 0 heterocycles. The highest BCUT2D eigenvalue weighted by Gasteiger charge is 2.22. The smallest absolute Gasteiger partial charge is 0.221 e. The van der Waals surface area contributed by atoms with Crippen molar-refractivity contribution in [2.75, 3.05) is 13.7 Å². The third kappa shape index (κ3) is 4.75. The van der Waals surface area contributed by atoms with Gasteiger partial charge < -0.3 is 15.4 Å². The van der Waals surface area contributed by atoms with Crippen LogP contribution in [0.4, 0.5) is 0 Å². The Balaban J connectivity index is 1.74. The minimum absolute atomic E-state index is 0.136. The highest BCUT2D eigenvalue weighted by atomic mass is 79.9. The number of hydrogen-bond donors (Lipinski definition) is 2. The number of carbonyl (C=O) groups is 1. The van der Waals surface area contributed by atoms with Gasteiger partial charge in [0.05, 0.1) is 16.1 Å². The molecule has 1 aliphatic carbocycles. The lowest BCUT2D eigenvalue weighted by atomic mass is 10.2. The van der Waals surface area contributed by atoms with Crippen molar-refractivity contribution in [2.24, 2.45) is 0 Å². The van der Waals surface area contributed by atoms with Gasteiger partial charge in [-0.25, -0.2) is 0 Å². The van der Waals surface area contributed by atoms with Gasteiger partial charge in [-0.3, -0.25) is 4.79 Å². The first-order valence-corrected chi connectivity index (χ1v) is 8.20. The number of amides is 1. The molecule has 0 unspecified atom stereocenters. The Hall–Kier alpha value is -0.590. The Bertz CT molecular complexity index is 467. The summed E-state index contributed by atoms with van der Waals surface area (Å²) in [4.78, 5) is 11.5. The first-order valence-electron chi connectivity index (χ1n) is 6.62. The maximum Gasteiger partial charge on any atom is 0.221 e. The molecule has 1 fully saturated rings. The summed E-state index contributed by atoms with van der Waals surface area (Å²) < 4.78 is 7.09. The van der Waals surface area contributed by atoms with Crippen LogP contribution in [0.3, 0.4) is 0 Å². The zero-order valence-electron chi connectivity index (χ0n) is 11.3. The van der Waals surface area contributed by atoms with Gasteiger partial charge in [-0.1, -0.05) is 0 Å². The summed E-state index contributed by atoms with van der Waals surface area (Å²) in [7, 11) is 1.64. The summed E-state index contributed by atoms with van der Waals surface area (Å²) in [5.74, 6) is 0.926. The molecule has 0 radical (unpaired) electrons. The number of nitrogens with one attached hydrogen (secondary N) is 2. The topological polar surface area (TPSA) is 50.4 Å². The van der Waals surface area contributed by atoms with E-state index in [1.165, 1.54) is 0 Å². The van der Waals surface area contributed by atoms with E-state index in [4.69, 9.17) is 4.74 Å². The first-order chi connectivity index (χ1) is 9.60. The highest BCUT2D eigenvalue weighted by molar-refractivity contribution is 9.11. The van der Waals surface area contributed by atoms with E-state index in [9.17, 15) is 4.79 Å². The molecule has 20 heavy (non-hydrogen) atoms. The van der Waals surface area contributed by atoms with Gasteiger partial charge in [0.1, 0.15) is 5.75 Å². The van der Waals surface area contributed by atoms with Gasteiger partial charge in [-0.15, -0.1) is 0 Å². The SMILES string of the molecule is COc1c(Br)cc(CNCCC(=O)NC2CC2)cc1Br. The van der Waals surface area contributed by atoms with Crippen LogP contribution in [0.2, 0.25) is 0 Å². The molecule has 4 nitrogen and oxygen atoms in total. The number of rotatable bonds is 7. The molecule has 1 aromatic carbocycles. The Morgan fingerprint density at radius 1 is 1.35 bits per heavy atom. The second-order valence-electron chi connectivity index (χ2n) is 4.86. The molecule has 0 atom stereocenters. The minimum Gasteiger partial charge on any atom is -0.494 e. The lowest BCUT2D eigenvalue weighted by Crippen LogP contribution is -2.29. The second-order valence-corrected chi connectivity index (χ2v) is 6.57. The monoisotopic (exact) mass is 404 g/mol. The van der Waals surface area contributed by atoms with Crippen molar-refractivity contribution in [1.82, 2.24) is 10.6 Å². The fourth-order valence-electron chi connectivity index (χ4n) is 1.87. The van der Waals surface area contributed by atoms with Crippen LogP contribution in [-0.4, -0.2) is 25.6 Å². The van der Waals surface area contributed by atoms with E-state index in [1.807, 2.05) is 12.1 Å². The quantitative estimate of drug-likeness (QED) is 0.685.